The van der Waals surface area contributed by atoms with Crippen LogP contribution in [0.5, 0.6) is 5.75 Å². The Morgan fingerprint density at radius 2 is 2.00 bits per heavy atom. The van der Waals surface area contributed by atoms with E-state index in [1.54, 1.807) is 12.1 Å². The predicted octanol–water partition coefficient (Wildman–Crippen LogP) is 3.27. The molecule has 0 spiro atoms. The van der Waals surface area contributed by atoms with E-state index in [-0.39, 0.29) is 5.54 Å². The van der Waals surface area contributed by atoms with Crippen LogP contribution in [0, 0.1) is 0 Å². The summed E-state index contributed by atoms with van der Waals surface area (Å²) in [6.45, 7) is 7.51. The van der Waals surface area contributed by atoms with Gasteiger partial charge in [-0.2, -0.15) is 0 Å². The Hall–Kier alpha value is -1.28. The minimum Gasteiger partial charge on any atom is -0.508 e. The van der Waals surface area contributed by atoms with Crippen molar-refractivity contribution in [1.82, 2.24) is 5.32 Å². The molecule has 1 aromatic rings. The highest BCUT2D eigenvalue weighted by molar-refractivity contribution is 5.28. The van der Waals surface area contributed by atoms with E-state index in [4.69, 9.17) is 0 Å². The summed E-state index contributed by atoms with van der Waals surface area (Å²) in [5.74, 6) is 0.338. The van der Waals surface area contributed by atoms with Gasteiger partial charge in [0.1, 0.15) is 5.75 Å². The molecule has 0 aliphatic rings. The van der Waals surface area contributed by atoms with E-state index in [1.807, 2.05) is 12.1 Å². The summed E-state index contributed by atoms with van der Waals surface area (Å²) in [5.41, 5.74) is 1.34. The molecule has 94 valence electrons. The van der Waals surface area contributed by atoms with Crippen LogP contribution in [0.1, 0.15) is 32.8 Å². The highest BCUT2D eigenvalue weighted by Crippen LogP contribution is 2.11. The second kappa shape index (κ2) is 6.45. The molecule has 0 amide bonds. The fourth-order valence-corrected chi connectivity index (χ4v) is 1.55. The van der Waals surface area contributed by atoms with Gasteiger partial charge in [0.05, 0.1) is 0 Å². The smallest absolute Gasteiger partial charge is 0.115 e. The van der Waals surface area contributed by atoms with Crippen molar-refractivity contribution in [3.8, 4) is 5.75 Å². The Kier molecular flexibility index (Phi) is 5.23. The fraction of sp³-hybridized carbons (Fsp3) is 0.467. The second-order valence-electron chi connectivity index (χ2n) is 5.31. The first-order valence-electron chi connectivity index (χ1n) is 6.15. The first-order valence-corrected chi connectivity index (χ1v) is 6.15. The van der Waals surface area contributed by atoms with Gasteiger partial charge in [-0.1, -0.05) is 24.3 Å². The molecule has 1 rings (SSSR count). The van der Waals surface area contributed by atoms with Crippen LogP contribution in [-0.2, 0) is 6.42 Å². The fourth-order valence-electron chi connectivity index (χ4n) is 1.55. The van der Waals surface area contributed by atoms with Gasteiger partial charge in [-0.3, -0.25) is 0 Å². The van der Waals surface area contributed by atoms with Crippen LogP contribution in [0.2, 0.25) is 0 Å². The third-order valence-electron chi connectivity index (χ3n) is 2.40. The molecule has 0 radical (unpaired) electrons. The van der Waals surface area contributed by atoms with E-state index in [0.717, 1.165) is 24.9 Å². The van der Waals surface area contributed by atoms with E-state index < -0.39 is 0 Å². The average molecular weight is 233 g/mol. The summed E-state index contributed by atoms with van der Waals surface area (Å²) in [4.78, 5) is 0. The van der Waals surface area contributed by atoms with Gasteiger partial charge in [-0.05, 0) is 57.9 Å². The highest BCUT2D eigenvalue weighted by Gasteiger charge is 2.05. The number of hydrogen-bond donors (Lipinski definition) is 2. The van der Waals surface area contributed by atoms with Crippen molar-refractivity contribution in [2.45, 2.75) is 39.2 Å². The molecule has 0 aromatic heterocycles. The molecule has 0 saturated heterocycles. The van der Waals surface area contributed by atoms with Crippen molar-refractivity contribution in [3.63, 3.8) is 0 Å². The molecule has 0 fully saturated rings. The number of benzene rings is 1. The maximum Gasteiger partial charge on any atom is 0.115 e. The Morgan fingerprint density at radius 1 is 1.24 bits per heavy atom. The molecule has 2 heteroatoms. The number of nitrogens with one attached hydrogen (secondary N) is 1. The van der Waals surface area contributed by atoms with Gasteiger partial charge in [-0.25, -0.2) is 0 Å². The van der Waals surface area contributed by atoms with E-state index in [2.05, 4.69) is 38.2 Å². The summed E-state index contributed by atoms with van der Waals surface area (Å²) in [6.07, 6.45) is 6.25. The lowest BCUT2D eigenvalue weighted by Crippen LogP contribution is -2.36. The molecule has 0 atom stereocenters. The van der Waals surface area contributed by atoms with E-state index >= 15 is 0 Å². The monoisotopic (exact) mass is 233 g/mol. The van der Waals surface area contributed by atoms with Gasteiger partial charge in [-0.15, -0.1) is 0 Å². The van der Waals surface area contributed by atoms with E-state index in [0.29, 0.717) is 5.75 Å². The zero-order chi connectivity index (χ0) is 12.7. The average Bonchev–Trinajstić information content (AvgIpc) is 2.22. The predicted molar refractivity (Wildman–Crippen MR) is 73.3 cm³/mol. The highest BCUT2D eigenvalue weighted by atomic mass is 16.3. The summed E-state index contributed by atoms with van der Waals surface area (Å²) >= 11 is 0. The number of allylic oxidation sites excluding steroid dienone is 1. The Morgan fingerprint density at radius 3 is 2.65 bits per heavy atom. The van der Waals surface area contributed by atoms with Crippen LogP contribution in [0.15, 0.2) is 36.4 Å². The van der Waals surface area contributed by atoms with Crippen LogP contribution < -0.4 is 5.32 Å². The number of phenols is 1. The molecule has 0 bridgehead atoms. The minimum absolute atomic E-state index is 0.194. The molecule has 2 nitrogen and oxygen atoms in total. The van der Waals surface area contributed by atoms with Gasteiger partial charge < -0.3 is 10.4 Å². The van der Waals surface area contributed by atoms with Gasteiger partial charge in [0, 0.05) is 5.54 Å². The quantitative estimate of drug-likeness (QED) is 0.604. The summed E-state index contributed by atoms with van der Waals surface area (Å²) in [6, 6.07) is 7.40. The van der Waals surface area contributed by atoms with Crippen molar-refractivity contribution < 1.29 is 5.11 Å². The lowest BCUT2D eigenvalue weighted by molar-refractivity contribution is 0.431. The molecule has 2 N–H and O–H groups in total. The van der Waals surface area contributed by atoms with Gasteiger partial charge in [0.25, 0.3) is 0 Å². The zero-order valence-electron chi connectivity index (χ0n) is 11.0. The standard InChI is InChI=1S/C15H23NO/c1-15(2,3)16-11-6-4-5-8-13-9-7-10-14(17)12-13/h4-5,7,9-10,12,16-17H,6,8,11H2,1-3H3. The lowest BCUT2D eigenvalue weighted by atomic mass is 10.1. The van der Waals surface area contributed by atoms with Crippen molar-refractivity contribution in [2.75, 3.05) is 6.54 Å². The third kappa shape index (κ3) is 6.80. The molecular weight excluding hydrogens is 210 g/mol. The van der Waals surface area contributed by atoms with Crippen molar-refractivity contribution in [2.24, 2.45) is 0 Å². The topological polar surface area (TPSA) is 32.3 Å². The second-order valence-corrected chi connectivity index (χ2v) is 5.31. The molecule has 0 unspecified atom stereocenters. The van der Waals surface area contributed by atoms with Gasteiger partial charge >= 0.3 is 0 Å². The Balaban J connectivity index is 2.22. The first-order chi connectivity index (χ1) is 7.97. The third-order valence-corrected chi connectivity index (χ3v) is 2.40. The molecule has 0 heterocycles. The van der Waals surface area contributed by atoms with Gasteiger partial charge in [0.2, 0.25) is 0 Å². The lowest BCUT2D eigenvalue weighted by Gasteiger charge is -2.19. The number of hydrogen-bond acceptors (Lipinski definition) is 2. The van der Waals surface area contributed by atoms with Crippen LogP contribution in [0.3, 0.4) is 0 Å². The zero-order valence-corrected chi connectivity index (χ0v) is 11.0. The maximum atomic E-state index is 9.31. The van der Waals surface area contributed by atoms with E-state index in [9.17, 15) is 5.11 Å². The Bertz CT molecular complexity index is 363. The molecule has 1 aromatic carbocycles. The van der Waals surface area contributed by atoms with Crippen LogP contribution >= 0.6 is 0 Å². The molecule has 17 heavy (non-hydrogen) atoms. The van der Waals surface area contributed by atoms with Crippen molar-refractivity contribution in [3.05, 3.63) is 42.0 Å². The molecule has 0 saturated carbocycles. The summed E-state index contributed by atoms with van der Waals surface area (Å²) < 4.78 is 0. The summed E-state index contributed by atoms with van der Waals surface area (Å²) in [5, 5.41) is 12.7. The van der Waals surface area contributed by atoms with Gasteiger partial charge in [0.15, 0.2) is 0 Å². The number of rotatable bonds is 5. The maximum absolute atomic E-state index is 9.31. The largest absolute Gasteiger partial charge is 0.508 e. The number of aromatic hydroxyl groups is 1. The number of phenolic OH excluding ortho intramolecular Hbond substituents is 1. The van der Waals surface area contributed by atoms with Crippen LogP contribution in [-0.4, -0.2) is 17.2 Å². The van der Waals surface area contributed by atoms with Crippen molar-refractivity contribution in [1.29, 1.82) is 0 Å². The Labute approximate surface area is 104 Å². The van der Waals surface area contributed by atoms with Crippen LogP contribution in [0.25, 0.3) is 0 Å². The van der Waals surface area contributed by atoms with Crippen LogP contribution in [0.4, 0.5) is 0 Å². The summed E-state index contributed by atoms with van der Waals surface area (Å²) in [7, 11) is 0. The van der Waals surface area contributed by atoms with E-state index in [1.165, 1.54) is 0 Å². The normalized spacial score (nSPS) is 12.2. The minimum atomic E-state index is 0.194. The van der Waals surface area contributed by atoms with Crippen molar-refractivity contribution >= 4 is 0 Å². The molecule has 0 aliphatic carbocycles. The SMILES string of the molecule is CC(C)(C)NCCC=CCc1cccc(O)c1. The first kappa shape index (κ1) is 13.8. The molecular formula is C15H23NO. The molecule has 0 aliphatic heterocycles.